The molecule has 8 heteroatoms. The zero-order valence-corrected chi connectivity index (χ0v) is 14.8. The summed E-state index contributed by atoms with van der Waals surface area (Å²) < 4.78 is 70.4. The van der Waals surface area contributed by atoms with Crippen LogP contribution >= 0.6 is 0 Å². The van der Waals surface area contributed by atoms with Crippen molar-refractivity contribution in [3.05, 3.63) is 65.2 Å². The molecule has 3 rings (SSSR count). The minimum Gasteiger partial charge on any atom is -0.371 e. The zero-order valence-electron chi connectivity index (χ0n) is 14.0. The van der Waals surface area contributed by atoms with Crippen LogP contribution in [0.2, 0.25) is 0 Å². The van der Waals surface area contributed by atoms with E-state index < -0.39 is 27.9 Å². The number of ether oxygens (including phenoxy) is 1. The third-order valence-electron chi connectivity index (χ3n) is 4.30. The van der Waals surface area contributed by atoms with Gasteiger partial charge in [0, 0.05) is 13.1 Å². The second kappa shape index (κ2) is 7.02. The van der Waals surface area contributed by atoms with Gasteiger partial charge in [0.1, 0.15) is 0 Å². The Hall–Kier alpha value is -1.90. The molecule has 0 spiro atoms. The first-order valence-electron chi connectivity index (χ1n) is 8.03. The van der Waals surface area contributed by atoms with Crippen molar-refractivity contribution >= 4 is 10.0 Å². The Kier molecular flexibility index (Phi) is 5.09. The van der Waals surface area contributed by atoms with Crippen molar-refractivity contribution in [2.45, 2.75) is 24.1 Å². The summed E-state index contributed by atoms with van der Waals surface area (Å²) in [5, 5.41) is 0. The number of alkyl halides is 3. The molecule has 4 nitrogen and oxygen atoms in total. The van der Waals surface area contributed by atoms with Crippen molar-refractivity contribution < 1.29 is 26.3 Å². The molecular weight excluding hydrogens is 367 g/mol. The average Bonchev–Trinajstić information content (AvgIpc) is 2.62. The van der Waals surface area contributed by atoms with E-state index in [1.165, 1.54) is 4.31 Å². The SMILES string of the molecule is Cc1ccc(C2CN(S(=O)(=O)c3ccc(C(F)(F)F)cc3)CCO2)cc1. The summed E-state index contributed by atoms with van der Waals surface area (Å²) in [7, 11) is -3.89. The lowest BCUT2D eigenvalue weighted by molar-refractivity contribution is -0.137. The van der Waals surface area contributed by atoms with Crippen LogP contribution < -0.4 is 0 Å². The van der Waals surface area contributed by atoms with Crippen molar-refractivity contribution in [1.82, 2.24) is 4.31 Å². The second-order valence-corrected chi connectivity index (χ2v) is 8.09. The average molecular weight is 385 g/mol. The number of aryl methyl sites for hydroxylation is 1. The van der Waals surface area contributed by atoms with Crippen LogP contribution in [0.4, 0.5) is 13.2 Å². The van der Waals surface area contributed by atoms with Crippen LogP contribution in [-0.2, 0) is 20.9 Å². The molecule has 0 aromatic heterocycles. The molecule has 0 bridgehead atoms. The second-order valence-electron chi connectivity index (χ2n) is 6.16. The number of benzene rings is 2. The van der Waals surface area contributed by atoms with Crippen LogP contribution in [0.5, 0.6) is 0 Å². The number of hydrogen-bond donors (Lipinski definition) is 0. The molecule has 140 valence electrons. The van der Waals surface area contributed by atoms with Gasteiger partial charge in [-0.05, 0) is 36.8 Å². The molecule has 0 radical (unpaired) electrons. The maximum atomic E-state index is 12.8. The summed E-state index contributed by atoms with van der Waals surface area (Å²) in [6.07, 6.45) is -4.91. The highest BCUT2D eigenvalue weighted by Gasteiger charge is 2.33. The predicted molar refractivity (Wildman–Crippen MR) is 90.1 cm³/mol. The maximum Gasteiger partial charge on any atom is 0.416 e. The molecule has 1 saturated heterocycles. The van der Waals surface area contributed by atoms with Crippen LogP contribution in [0.1, 0.15) is 22.8 Å². The third-order valence-corrected chi connectivity index (χ3v) is 6.18. The summed E-state index contributed by atoms with van der Waals surface area (Å²) in [6, 6.07) is 11.2. The van der Waals surface area contributed by atoms with E-state index in [2.05, 4.69) is 0 Å². The molecule has 2 aromatic rings. The molecule has 0 N–H and O–H groups in total. The number of sulfonamides is 1. The van der Waals surface area contributed by atoms with Crippen LogP contribution in [0, 0.1) is 6.92 Å². The molecule has 1 fully saturated rings. The van der Waals surface area contributed by atoms with Gasteiger partial charge in [0.25, 0.3) is 0 Å². The van der Waals surface area contributed by atoms with Crippen LogP contribution in [0.15, 0.2) is 53.4 Å². The first-order valence-corrected chi connectivity index (χ1v) is 9.47. The van der Waals surface area contributed by atoms with E-state index in [-0.39, 0.29) is 24.6 Å². The molecule has 1 unspecified atom stereocenters. The van der Waals surface area contributed by atoms with Gasteiger partial charge in [0.15, 0.2) is 0 Å². The van der Waals surface area contributed by atoms with Gasteiger partial charge in [-0.25, -0.2) is 8.42 Å². The molecule has 1 heterocycles. The van der Waals surface area contributed by atoms with Gasteiger partial charge in [-0.2, -0.15) is 17.5 Å². The number of nitrogens with zero attached hydrogens (tertiary/aromatic N) is 1. The van der Waals surface area contributed by atoms with Crippen molar-refractivity contribution in [2.24, 2.45) is 0 Å². The fourth-order valence-electron chi connectivity index (χ4n) is 2.79. The third kappa shape index (κ3) is 3.92. The smallest absolute Gasteiger partial charge is 0.371 e. The fraction of sp³-hybridized carbons (Fsp3) is 0.333. The molecule has 1 aliphatic rings. The van der Waals surface area contributed by atoms with Gasteiger partial charge >= 0.3 is 6.18 Å². The van der Waals surface area contributed by atoms with Crippen molar-refractivity contribution in [3.8, 4) is 0 Å². The summed E-state index contributed by atoms with van der Waals surface area (Å²) in [5.41, 5.74) is 1.07. The highest BCUT2D eigenvalue weighted by molar-refractivity contribution is 7.89. The Morgan fingerprint density at radius 2 is 1.65 bits per heavy atom. The van der Waals surface area contributed by atoms with E-state index in [0.717, 1.165) is 35.4 Å². The lowest BCUT2D eigenvalue weighted by Gasteiger charge is -2.32. The van der Waals surface area contributed by atoms with E-state index in [1.54, 1.807) is 0 Å². The van der Waals surface area contributed by atoms with Gasteiger partial charge in [0.05, 0.1) is 23.2 Å². The van der Waals surface area contributed by atoms with Crippen molar-refractivity contribution in [3.63, 3.8) is 0 Å². The molecular formula is C18H18F3NO3S. The first-order chi connectivity index (χ1) is 12.2. The van der Waals surface area contributed by atoms with Crippen molar-refractivity contribution in [2.75, 3.05) is 19.7 Å². The van der Waals surface area contributed by atoms with E-state index in [1.807, 2.05) is 31.2 Å². The summed E-state index contributed by atoms with van der Waals surface area (Å²) in [4.78, 5) is -0.157. The quantitative estimate of drug-likeness (QED) is 0.808. The molecule has 1 atom stereocenters. The van der Waals surface area contributed by atoms with Gasteiger partial charge in [0.2, 0.25) is 10.0 Å². The Morgan fingerprint density at radius 3 is 2.23 bits per heavy atom. The van der Waals surface area contributed by atoms with E-state index in [4.69, 9.17) is 4.74 Å². The number of halogens is 3. The summed E-state index contributed by atoms with van der Waals surface area (Å²) >= 11 is 0. The standard InChI is InChI=1S/C18H18F3NO3S/c1-13-2-4-14(5-3-13)17-12-22(10-11-25-17)26(23,24)16-8-6-15(7-9-16)18(19,20)21/h2-9,17H,10-12H2,1H3. The minimum atomic E-state index is -4.50. The number of hydrogen-bond acceptors (Lipinski definition) is 3. The van der Waals surface area contributed by atoms with Gasteiger partial charge in [-0.3, -0.25) is 0 Å². The minimum absolute atomic E-state index is 0.117. The monoisotopic (exact) mass is 385 g/mol. The summed E-state index contributed by atoms with van der Waals surface area (Å²) in [6.45, 7) is 2.45. The fourth-order valence-corrected chi connectivity index (χ4v) is 4.22. The van der Waals surface area contributed by atoms with Crippen LogP contribution in [-0.4, -0.2) is 32.4 Å². The predicted octanol–water partition coefficient (Wildman–Crippen LogP) is 3.78. The Bertz CT molecular complexity index is 862. The van der Waals surface area contributed by atoms with E-state index in [0.29, 0.717) is 0 Å². The van der Waals surface area contributed by atoms with Gasteiger partial charge < -0.3 is 4.74 Å². The Labute approximate surface area is 150 Å². The lowest BCUT2D eigenvalue weighted by atomic mass is 10.1. The highest BCUT2D eigenvalue weighted by Crippen LogP contribution is 2.31. The summed E-state index contributed by atoms with van der Waals surface area (Å²) in [5.74, 6) is 0. The largest absolute Gasteiger partial charge is 0.416 e. The molecule has 0 amide bonds. The van der Waals surface area contributed by atoms with E-state index >= 15 is 0 Å². The van der Waals surface area contributed by atoms with Crippen LogP contribution in [0.25, 0.3) is 0 Å². The maximum absolute atomic E-state index is 12.8. The normalized spacial score (nSPS) is 19.5. The van der Waals surface area contributed by atoms with Gasteiger partial charge in [-0.1, -0.05) is 29.8 Å². The number of morpholine rings is 1. The van der Waals surface area contributed by atoms with Crippen LogP contribution in [0.3, 0.4) is 0 Å². The molecule has 1 aliphatic heterocycles. The topological polar surface area (TPSA) is 46.6 Å². The Morgan fingerprint density at radius 1 is 1.04 bits per heavy atom. The highest BCUT2D eigenvalue weighted by atomic mass is 32.2. The number of rotatable bonds is 3. The van der Waals surface area contributed by atoms with E-state index in [9.17, 15) is 21.6 Å². The Balaban J connectivity index is 1.81. The molecule has 0 aliphatic carbocycles. The zero-order chi connectivity index (χ0) is 18.9. The van der Waals surface area contributed by atoms with Crippen molar-refractivity contribution in [1.29, 1.82) is 0 Å². The first kappa shape index (κ1) is 18.9. The molecule has 26 heavy (non-hydrogen) atoms. The molecule has 2 aromatic carbocycles. The molecule has 0 saturated carbocycles. The lowest BCUT2D eigenvalue weighted by Crippen LogP contribution is -2.42. The van der Waals surface area contributed by atoms with Gasteiger partial charge in [-0.15, -0.1) is 0 Å².